The van der Waals surface area contributed by atoms with Crippen molar-refractivity contribution < 1.29 is 9.90 Å². The number of nitriles is 1. The third kappa shape index (κ3) is 2.72. The first-order chi connectivity index (χ1) is 9.51. The van der Waals surface area contributed by atoms with Crippen LogP contribution < -0.4 is 4.90 Å². The summed E-state index contributed by atoms with van der Waals surface area (Å²) in [7, 11) is 1.76. The number of aryl methyl sites for hydroxylation is 1. The van der Waals surface area contributed by atoms with Crippen LogP contribution in [-0.2, 0) is 0 Å². The minimum atomic E-state index is -0.974. The van der Waals surface area contributed by atoms with Crippen LogP contribution in [0, 0.1) is 18.3 Å². The highest BCUT2D eigenvalue weighted by Gasteiger charge is 2.10. The first-order valence-corrected chi connectivity index (χ1v) is 5.84. The van der Waals surface area contributed by atoms with Gasteiger partial charge in [0.25, 0.3) is 0 Å². The largest absolute Gasteiger partial charge is 0.478 e. The molecule has 0 fully saturated rings. The van der Waals surface area contributed by atoms with E-state index >= 15 is 0 Å². The van der Waals surface area contributed by atoms with E-state index in [0.29, 0.717) is 17.3 Å². The zero-order chi connectivity index (χ0) is 14.7. The Morgan fingerprint density at radius 3 is 2.50 bits per heavy atom. The van der Waals surface area contributed by atoms with Gasteiger partial charge in [-0.25, -0.2) is 14.8 Å². The lowest BCUT2D eigenvalue weighted by Crippen LogP contribution is -2.14. The maximum absolute atomic E-state index is 10.8. The van der Waals surface area contributed by atoms with Gasteiger partial charge in [-0.1, -0.05) is 0 Å². The van der Waals surface area contributed by atoms with Crippen LogP contribution in [0.5, 0.6) is 0 Å². The van der Waals surface area contributed by atoms with Crippen molar-refractivity contribution in [2.45, 2.75) is 6.92 Å². The Hall–Kier alpha value is -2.94. The molecule has 0 aliphatic carbocycles. The molecule has 1 aromatic heterocycles. The van der Waals surface area contributed by atoms with Gasteiger partial charge in [0.15, 0.2) is 0 Å². The van der Waals surface area contributed by atoms with Gasteiger partial charge in [0.1, 0.15) is 11.8 Å². The lowest BCUT2D eigenvalue weighted by Gasteiger charge is -2.17. The Morgan fingerprint density at radius 2 is 1.95 bits per heavy atom. The van der Waals surface area contributed by atoms with E-state index in [0.717, 1.165) is 5.69 Å². The summed E-state index contributed by atoms with van der Waals surface area (Å²) >= 11 is 0. The Morgan fingerprint density at radius 1 is 1.30 bits per heavy atom. The summed E-state index contributed by atoms with van der Waals surface area (Å²) in [5.74, 6) is -0.581. The summed E-state index contributed by atoms with van der Waals surface area (Å²) in [5, 5.41) is 17.8. The smallest absolute Gasteiger partial charge is 0.335 e. The van der Waals surface area contributed by atoms with Crippen LogP contribution in [0.2, 0.25) is 0 Å². The van der Waals surface area contributed by atoms with E-state index in [1.807, 2.05) is 6.07 Å². The van der Waals surface area contributed by atoms with E-state index in [-0.39, 0.29) is 5.56 Å². The molecular weight excluding hydrogens is 256 g/mol. The lowest BCUT2D eigenvalue weighted by atomic mass is 10.2. The number of anilines is 2. The number of benzene rings is 1. The molecule has 1 heterocycles. The van der Waals surface area contributed by atoms with Crippen LogP contribution in [0.25, 0.3) is 0 Å². The van der Waals surface area contributed by atoms with E-state index in [4.69, 9.17) is 10.4 Å². The molecule has 0 radical (unpaired) electrons. The summed E-state index contributed by atoms with van der Waals surface area (Å²) in [6.45, 7) is 1.79. The Bertz CT molecular complexity index is 689. The number of aromatic nitrogens is 2. The molecule has 0 unspecified atom stereocenters. The molecule has 0 amide bonds. The van der Waals surface area contributed by atoms with Gasteiger partial charge in [-0.15, -0.1) is 0 Å². The normalized spacial score (nSPS) is 9.85. The van der Waals surface area contributed by atoms with Crippen molar-refractivity contribution in [3.63, 3.8) is 0 Å². The number of carboxylic acids is 1. The van der Waals surface area contributed by atoms with Gasteiger partial charge in [0, 0.05) is 18.4 Å². The number of rotatable bonds is 3. The number of hydrogen-bond acceptors (Lipinski definition) is 5. The number of hydrogen-bond donors (Lipinski definition) is 1. The molecule has 1 N–H and O–H groups in total. The van der Waals surface area contributed by atoms with Crippen LogP contribution in [-0.4, -0.2) is 28.1 Å². The van der Waals surface area contributed by atoms with Crippen LogP contribution in [0.3, 0.4) is 0 Å². The number of aromatic carboxylic acids is 1. The summed E-state index contributed by atoms with van der Waals surface area (Å²) in [4.78, 5) is 20.9. The van der Waals surface area contributed by atoms with Gasteiger partial charge in [-0.3, -0.25) is 0 Å². The minimum absolute atomic E-state index is 0.213. The molecule has 0 aliphatic heterocycles. The molecule has 100 valence electrons. The van der Waals surface area contributed by atoms with Crippen LogP contribution >= 0.6 is 0 Å². The Balaban J connectivity index is 2.36. The topological polar surface area (TPSA) is 90.1 Å². The highest BCUT2D eigenvalue weighted by molar-refractivity contribution is 5.88. The fourth-order valence-corrected chi connectivity index (χ4v) is 1.70. The van der Waals surface area contributed by atoms with Crippen molar-refractivity contribution in [1.82, 2.24) is 9.97 Å². The monoisotopic (exact) mass is 268 g/mol. The van der Waals surface area contributed by atoms with E-state index in [1.54, 1.807) is 37.1 Å². The second kappa shape index (κ2) is 5.36. The van der Waals surface area contributed by atoms with E-state index in [2.05, 4.69) is 9.97 Å². The zero-order valence-electron chi connectivity index (χ0n) is 11.0. The highest BCUT2D eigenvalue weighted by Crippen LogP contribution is 2.21. The number of nitrogens with zero attached hydrogens (tertiary/aromatic N) is 4. The zero-order valence-corrected chi connectivity index (χ0v) is 11.0. The Kier molecular flexibility index (Phi) is 3.62. The molecule has 0 saturated heterocycles. The third-order valence-electron chi connectivity index (χ3n) is 2.76. The van der Waals surface area contributed by atoms with Crippen molar-refractivity contribution >= 4 is 17.6 Å². The molecule has 6 heteroatoms. The van der Waals surface area contributed by atoms with Crippen molar-refractivity contribution in [3.8, 4) is 6.07 Å². The first-order valence-electron chi connectivity index (χ1n) is 5.84. The second-order valence-electron chi connectivity index (χ2n) is 4.22. The summed E-state index contributed by atoms with van der Waals surface area (Å²) < 4.78 is 0. The average Bonchev–Trinajstić information content (AvgIpc) is 2.45. The van der Waals surface area contributed by atoms with Crippen molar-refractivity contribution in [3.05, 3.63) is 47.3 Å². The van der Waals surface area contributed by atoms with Crippen molar-refractivity contribution in [1.29, 1.82) is 5.26 Å². The van der Waals surface area contributed by atoms with Gasteiger partial charge < -0.3 is 10.0 Å². The summed E-state index contributed by atoms with van der Waals surface area (Å²) in [6, 6.07) is 9.94. The molecule has 2 aromatic rings. The summed E-state index contributed by atoms with van der Waals surface area (Å²) in [5.41, 5.74) is 1.94. The molecule has 0 aliphatic rings. The quantitative estimate of drug-likeness (QED) is 0.917. The fraction of sp³-hybridized carbons (Fsp3) is 0.143. The fourth-order valence-electron chi connectivity index (χ4n) is 1.70. The maximum atomic E-state index is 10.8. The van der Waals surface area contributed by atoms with Crippen LogP contribution in [0.4, 0.5) is 11.6 Å². The first kappa shape index (κ1) is 13.5. The predicted octanol–water partition coefficient (Wildman–Crippen LogP) is 2.12. The minimum Gasteiger partial charge on any atom is -0.478 e. The number of carbonyl (C=O) groups is 1. The Labute approximate surface area is 115 Å². The predicted molar refractivity (Wildman–Crippen MR) is 72.9 cm³/mol. The molecule has 2 rings (SSSR count). The third-order valence-corrected chi connectivity index (χ3v) is 2.76. The number of carboxylic acid groups (broad SMARTS) is 1. The molecule has 1 aromatic carbocycles. The van der Waals surface area contributed by atoms with Crippen LogP contribution in [0.15, 0.2) is 30.3 Å². The van der Waals surface area contributed by atoms with Gasteiger partial charge in [-0.2, -0.15) is 5.26 Å². The van der Waals surface area contributed by atoms with E-state index in [9.17, 15) is 4.79 Å². The lowest BCUT2D eigenvalue weighted by molar-refractivity contribution is 0.0697. The molecule has 0 bridgehead atoms. The van der Waals surface area contributed by atoms with Crippen molar-refractivity contribution in [2.24, 2.45) is 0 Å². The molecule has 0 atom stereocenters. The maximum Gasteiger partial charge on any atom is 0.335 e. The molecule has 6 nitrogen and oxygen atoms in total. The molecular formula is C14H12N4O2. The van der Waals surface area contributed by atoms with E-state index in [1.165, 1.54) is 12.1 Å². The molecule has 0 spiro atoms. The standard InChI is InChI=1S/C14H12N4O2/c1-9-7-11(8-15)17-14(16-9)18(2)12-5-3-10(4-6-12)13(19)20/h3-7H,1-2H3,(H,19,20). The average molecular weight is 268 g/mol. The molecule has 20 heavy (non-hydrogen) atoms. The van der Waals surface area contributed by atoms with Crippen molar-refractivity contribution in [2.75, 3.05) is 11.9 Å². The van der Waals surface area contributed by atoms with Gasteiger partial charge in [0.05, 0.1) is 5.56 Å². The SMILES string of the molecule is Cc1cc(C#N)nc(N(C)c2ccc(C(=O)O)cc2)n1. The van der Waals surface area contributed by atoms with Crippen LogP contribution in [0.1, 0.15) is 21.7 Å². The van der Waals surface area contributed by atoms with Gasteiger partial charge in [-0.05, 0) is 37.3 Å². The van der Waals surface area contributed by atoms with E-state index < -0.39 is 5.97 Å². The highest BCUT2D eigenvalue weighted by atomic mass is 16.4. The molecule has 0 saturated carbocycles. The van der Waals surface area contributed by atoms with Gasteiger partial charge in [0.2, 0.25) is 5.95 Å². The van der Waals surface area contributed by atoms with Gasteiger partial charge >= 0.3 is 5.97 Å². The second-order valence-corrected chi connectivity index (χ2v) is 4.22. The summed E-state index contributed by atoms with van der Waals surface area (Å²) in [6.07, 6.45) is 0.